The number of aliphatic hydroxyl groups is 4. The molecule has 2 aliphatic rings. The molecule has 2 saturated heterocycles. The van der Waals surface area contributed by atoms with Crippen molar-refractivity contribution >= 4 is 5.97 Å². The number of esters is 1. The van der Waals surface area contributed by atoms with E-state index in [1.54, 1.807) is 27.7 Å². The third kappa shape index (κ3) is 8.43. The molecule has 248 valence electrons. The van der Waals surface area contributed by atoms with Crippen molar-refractivity contribution in [2.45, 2.75) is 142 Å². The van der Waals surface area contributed by atoms with Gasteiger partial charge in [0.05, 0.1) is 23.7 Å². The average molecular weight is 604 g/mol. The Bertz CT molecular complexity index is 858. The zero-order valence-electron chi connectivity index (χ0n) is 27.9. The number of carbonyl (C=O) groups is 1. The van der Waals surface area contributed by atoms with Crippen LogP contribution in [0.1, 0.15) is 81.6 Å². The number of aliphatic hydroxyl groups excluding tert-OH is 2. The molecule has 0 bridgehead atoms. The highest BCUT2D eigenvalue weighted by molar-refractivity contribution is 5.72. The molecular weight excluding hydrogens is 542 g/mol. The summed E-state index contributed by atoms with van der Waals surface area (Å²) in [6, 6.07) is -0.746. The fourth-order valence-corrected chi connectivity index (χ4v) is 7.02. The number of nitrogens with two attached hydrogens (primary N) is 1. The van der Waals surface area contributed by atoms with Crippen molar-refractivity contribution in [1.82, 2.24) is 9.80 Å². The normalized spacial score (nSPS) is 47.5. The molecule has 0 radical (unpaired) electrons. The molecule has 6 N–H and O–H groups in total. The third-order valence-corrected chi connectivity index (χ3v) is 10.1. The van der Waals surface area contributed by atoms with Crippen LogP contribution in [-0.2, 0) is 19.0 Å². The van der Waals surface area contributed by atoms with E-state index in [0.29, 0.717) is 25.8 Å². The number of nitrogens with zero attached hydrogens (tertiary/aromatic N) is 2. The first-order valence-electron chi connectivity index (χ1n) is 15.7. The maximum absolute atomic E-state index is 13.5. The molecule has 2 heterocycles. The van der Waals surface area contributed by atoms with Crippen molar-refractivity contribution in [2.24, 2.45) is 29.4 Å². The summed E-state index contributed by atoms with van der Waals surface area (Å²) in [6.45, 7) is 16.9. The van der Waals surface area contributed by atoms with E-state index in [1.165, 1.54) is 6.92 Å². The topological polar surface area (TPSA) is 158 Å². The SMILES string of the molecule is CC[C@H]1OC(=O)[C@H](C)[C@@H](C)[C@H](C)[C@@H](O[C@@H]2O[C@H](C)C[C@@H](N(C)C)[C@H]2O)[C@](C)(O)C[C@@H](C)CN(CN)[C@H](C)[C@@H](O)[C@]1(C)O. The Labute approximate surface area is 253 Å². The summed E-state index contributed by atoms with van der Waals surface area (Å²) in [5.74, 6) is -1.89. The zero-order chi connectivity index (χ0) is 32.3. The Morgan fingerprint density at radius 2 is 1.67 bits per heavy atom. The van der Waals surface area contributed by atoms with Gasteiger partial charge in [0.25, 0.3) is 0 Å². The van der Waals surface area contributed by atoms with Crippen LogP contribution >= 0.6 is 0 Å². The van der Waals surface area contributed by atoms with Crippen LogP contribution in [0.5, 0.6) is 0 Å². The Morgan fingerprint density at radius 1 is 1.07 bits per heavy atom. The van der Waals surface area contributed by atoms with Crippen LogP contribution in [0.2, 0.25) is 0 Å². The number of cyclic esters (lactones) is 1. The molecule has 0 aromatic carbocycles. The Balaban J connectivity index is 2.55. The van der Waals surface area contributed by atoms with Gasteiger partial charge in [0.2, 0.25) is 0 Å². The lowest BCUT2D eigenvalue weighted by Gasteiger charge is -2.47. The fraction of sp³-hybridized carbons (Fsp3) is 0.968. The highest BCUT2D eigenvalue weighted by Crippen LogP contribution is 2.38. The van der Waals surface area contributed by atoms with E-state index in [0.717, 1.165) is 0 Å². The minimum Gasteiger partial charge on any atom is -0.459 e. The van der Waals surface area contributed by atoms with Crippen LogP contribution in [0.4, 0.5) is 0 Å². The molecule has 14 atom stereocenters. The molecule has 0 amide bonds. The first-order chi connectivity index (χ1) is 19.3. The summed E-state index contributed by atoms with van der Waals surface area (Å²) in [7, 11) is 3.82. The van der Waals surface area contributed by atoms with Gasteiger partial charge in [0, 0.05) is 25.3 Å². The van der Waals surface area contributed by atoms with E-state index < -0.39 is 59.8 Å². The lowest BCUT2D eigenvalue weighted by atomic mass is 9.74. The largest absolute Gasteiger partial charge is 0.459 e. The second-order valence-corrected chi connectivity index (χ2v) is 14.0. The summed E-state index contributed by atoms with van der Waals surface area (Å²) >= 11 is 0. The standard InChI is InChI=1S/C31H61N3O8/c1-12-24-31(9,39)26(36)22(7)34(16-32)15-17(2)14-30(8,38)27(20(5)19(4)21(6)28(37)41-24)42-29-25(35)23(33(10)11)13-18(3)40-29/h17-27,29,35-36,38-39H,12-16,32H2,1-11H3/t17-,18-,19+,20+,21-,22-,23-,24-,25-,26-,27-,29+,30-,31-/m1/s1. The van der Waals surface area contributed by atoms with Gasteiger partial charge < -0.3 is 45.3 Å². The van der Waals surface area contributed by atoms with Crippen molar-refractivity contribution in [1.29, 1.82) is 0 Å². The smallest absolute Gasteiger partial charge is 0.309 e. The van der Waals surface area contributed by atoms with Crippen molar-refractivity contribution in [2.75, 3.05) is 27.3 Å². The van der Waals surface area contributed by atoms with Gasteiger partial charge in [-0.3, -0.25) is 9.69 Å². The van der Waals surface area contributed by atoms with Gasteiger partial charge in [-0.15, -0.1) is 0 Å². The molecule has 2 fully saturated rings. The van der Waals surface area contributed by atoms with Crippen molar-refractivity contribution in [3.63, 3.8) is 0 Å². The Kier molecular flexibility index (Phi) is 13.3. The van der Waals surface area contributed by atoms with E-state index in [2.05, 4.69) is 0 Å². The third-order valence-electron chi connectivity index (χ3n) is 10.1. The van der Waals surface area contributed by atoms with Gasteiger partial charge in [-0.25, -0.2) is 0 Å². The van der Waals surface area contributed by atoms with E-state index in [-0.39, 0.29) is 36.6 Å². The molecular formula is C31H61N3O8. The summed E-state index contributed by atoms with van der Waals surface area (Å²) in [5, 5.41) is 46.1. The first-order valence-corrected chi connectivity index (χ1v) is 15.7. The Hall–Kier alpha value is -0.890. The summed E-state index contributed by atoms with van der Waals surface area (Å²) in [4.78, 5) is 17.3. The molecule has 0 aliphatic carbocycles. The number of hydrogen-bond acceptors (Lipinski definition) is 11. The molecule has 0 unspecified atom stereocenters. The highest BCUT2D eigenvalue weighted by atomic mass is 16.7. The number of ether oxygens (including phenoxy) is 3. The predicted molar refractivity (Wildman–Crippen MR) is 161 cm³/mol. The number of likely N-dealkylation sites (N-methyl/N-ethyl adjacent to an activating group) is 1. The molecule has 2 rings (SSSR count). The lowest BCUT2D eigenvalue weighted by Crippen LogP contribution is -2.60. The maximum Gasteiger partial charge on any atom is 0.309 e. The van der Waals surface area contributed by atoms with Crippen LogP contribution < -0.4 is 5.73 Å². The van der Waals surface area contributed by atoms with E-state index >= 15 is 0 Å². The molecule has 0 aromatic heterocycles. The molecule has 11 heteroatoms. The van der Waals surface area contributed by atoms with E-state index in [1.807, 2.05) is 51.6 Å². The van der Waals surface area contributed by atoms with Crippen LogP contribution in [0.3, 0.4) is 0 Å². The van der Waals surface area contributed by atoms with Gasteiger partial charge >= 0.3 is 5.97 Å². The fourth-order valence-electron chi connectivity index (χ4n) is 7.02. The monoisotopic (exact) mass is 603 g/mol. The van der Waals surface area contributed by atoms with Gasteiger partial charge in [0.1, 0.15) is 23.9 Å². The van der Waals surface area contributed by atoms with Crippen LogP contribution in [0, 0.1) is 23.7 Å². The van der Waals surface area contributed by atoms with Crippen LogP contribution in [0.15, 0.2) is 0 Å². The van der Waals surface area contributed by atoms with E-state index in [4.69, 9.17) is 19.9 Å². The predicted octanol–water partition coefficient (Wildman–Crippen LogP) is 1.54. The molecule has 42 heavy (non-hydrogen) atoms. The van der Waals surface area contributed by atoms with Gasteiger partial charge in [-0.1, -0.05) is 34.6 Å². The minimum absolute atomic E-state index is 0.0928. The summed E-state index contributed by atoms with van der Waals surface area (Å²) in [5.41, 5.74) is 3.01. The van der Waals surface area contributed by atoms with Gasteiger partial charge in [-0.2, -0.15) is 0 Å². The minimum atomic E-state index is -1.72. The second kappa shape index (κ2) is 14.9. The van der Waals surface area contributed by atoms with Crippen LogP contribution in [0.25, 0.3) is 0 Å². The molecule has 0 saturated carbocycles. The molecule has 0 aromatic rings. The van der Waals surface area contributed by atoms with Crippen LogP contribution in [-0.4, -0.2) is 124 Å². The van der Waals surface area contributed by atoms with Crippen molar-refractivity contribution in [3.05, 3.63) is 0 Å². The Morgan fingerprint density at radius 3 is 2.19 bits per heavy atom. The average Bonchev–Trinajstić information content (AvgIpc) is 2.91. The lowest BCUT2D eigenvalue weighted by molar-refractivity contribution is -0.297. The van der Waals surface area contributed by atoms with E-state index in [9.17, 15) is 25.2 Å². The maximum atomic E-state index is 13.5. The molecule has 0 spiro atoms. The first kappa shape index (κ1) is 37.3. The zero-order valence-corrected chi connectivity index (χ0v) is 27.9. The number of hydrogen-bond donors (Lipinski definition) is 5. The highest BCUT2D eigenvalue weighted by Gasteiger charge is 2.49. The molecule has 11 nitrogen and oxygen atoms in total. The number of rotatable bonds is 5. The van der Waals surface area contributed by atoms with Gasteiger partial charge in [0.15, 0.2) is 6.29 Å². The number of carbonyl (C=O) groups excluding carboxylic acids is 1. The van der Waals surface area contributed by atoms with Gasteiger partial charge in [-0.05, 0) is 78.8 Å². The second-order valence-electron chi connectivity index (χ2n) is 14.0. The summed E-state index contributed by atoms with van der Waals surface area (Å²) < 4.78 is 18.5. The van der Waals surface area contributed by atoms with Crippen molar-refractivity contribution in [3.8, 4) is 0 Å². The summed E-state index contributed by atoms with van der Waals surface area (Å²) in [6.07, 6.45) is -3.81. The molecule has 2 aliphatic heterocycles. The van der Waals surface area contributed by atoms with Crippen molar-refractivity contribution < 1.29 is 39.4 Å². The quantitative estimate of drug-likeness (QED) is 0.290.